The number of sulfonamides is 1. The SMILES string of the molecule is CC(=O)Nc1ccc(S(=O)(=O)NN2C(=O)C(Cl)C2(C)c2ccc(Cl)cc2)cc1. The maximum atomic E-state index is 12.7. The summed E-state index contributed by atoms with van der Waals surface area (Å²) in [6.45, 7) is 3.01. The molecule has 28 heavy (non-hydrogen) atoms. The van der Waals surface area contributed by atoms with E-state index in [0.29, 0.717) is 16.3 Å². The summed E-state index contributed by atoms with van der Waals surface area (Å²) < 4.78 is 25.5. The molecule has 0 aromatic heterocycles. The van der Waals surface area contributed by atoms with Gasteiger partial charge in [-0.05, 0) is 48.9 Å². The number of nitrogens with zero attached hydrogens (tertiary/aromatic N) is 1. The number of amides is 2. The third-order valence-electron chi connectivity index (χ3n) is 4.52. The lowest BCUT2D eigenvalue weighted by atomic mass is 9.80. The van der Waals surface area contributed by atoms with E-state index in [4.69, 9.17) is 23.2 Å². The predicted octanol–water partition coefficient (Wildman–Crippen LogP) is 2.86. The fourth-order valence-corrected chi connectivity index (χ4v) is 4.49. The van der Waals surface area contributed by atoms with Crippen LogP contribution in [-0.4, -0.2) is 30.6 Å². The Morgan fingerprint density at radius 3 is 2.21 bits per heavy atom. The fraction of sp³-hybridized carbons (Fsp3) is 0.222. The zero-order valence-corrected chi connectivity index (χ0v) is 17.3. The number of nitrogens with one attached hydrogen (secondary N) is 2. The van der Waals surface area contributed by atoms with Crippen LogP contribution < -0.4 is 10.1 Å². The second-order valence-electron chi connectivity index (χ2n) is 6.49. The third kappa shape index (κ3) is 3.60. The summed E-state index contributed by atoms with van der Waals surface area (Å²) in [5.74, 6) is -0.829. The summed E-state index contributed by atoms with van der Waals surface area (Å²) in [6.07, 6.45) is 0. The highest BCUT2D eigenvalue weighted by molar-refractivity contribution is 7.89. The van der Waals surface area contributed by atoms with Crippen LogP contribution in [0.5, 0.6) is 0 Å². The number of alkyl halides is 1. The van der Waals surface area contributed by atoms with Gasteiger partial charge in [0.15, 0.2) is 0 Å². The number of halogens is 2. The summed E-state index contributed by atoms with van der Waals surface area (Å²) in [7, 11) is -4.05. The van der Waals surface area contributed by atoms with Crippen molar-refractivity contribution in [3.8, 4) is 0 Å². The number of benzene rings is 2. The van der Waals surface area contributed by atoms with Crippen LogP contribution in [0.4, 0.5) is 5.69 Å². The molecule has 3 rings (SSSR count). The molecule has 2 amide bonds. The van der Waals surface area contributed by atoms with E-state index >= 15 is 0 Å². The topological polar surface area (TPSA) is 95.6 Å². The fourth-order valence-electron chi connectivity index (χ4n) is 2.93. The highest BCUT2D eigenvalue weighted by Crippen LogP contribution is 2.44. The van der Waals surface area contributed by atoms with E-state index in [1.54, 1.807) is 31.2 Å². The Balaban J connectivity index is 1.87. The molecule has 0 aliphatic carbocycles. The Kier molecular flexibility index (Phi) is 5.42. The number of hydrogen-bond donors (Lipinski definition) is 2. The zero-order valence-electron chi connectivity index (χ0n) is 14.9. The van der Waals surface area contributed by atoms with Gasteiger partial charge in [0.25, 0.3) is 15.9 Å². The Morgan fingerprint density at radius 2 is 1.68 bits per heavy atom. The first-order chi connectivity index (χ1) is 13.1. The van der Waals surface area contributed by atoms with Gasteiger partial charge in [0.2, 0.25) is 5.91 Å². The van der Waals surface area contributed by atoms with Crippen LogP contribution in [0.2, 0.25) is 5.02 Å². The van der Waals surface area contributed by atoms with Gasteiger partial charge in [-0.2, -0.15) is 0 Å². The minimum atomic E-state index is -4.05. The number of carbonyl (C=O) groups excluding carboxylic acids is 2. The Morgan fingerprint density at radius 1 is 1.11 bits per heavy atom. The Labute approximate surface area is 172 Å². The van der Waals surface area contributed by atoms with Gasteiger partial charge in [-0.15, -0.1) is 16.4 Å². The van der Waals surface area contributed by atoms with E-state index in [2.05, 4.69) is 10.1 Å². The average Bonchev–Trinajstić information content (AvgIpc) is 2.65. The van der Waals surface area contributed by atoms with Gasteiger partial charge >= 0.3 is 0 Å². The lowest BCUT2D eigenvalue weighted by molar-refractivity contribution is -0.158. The number of rotatable bonds is 5. The number of hydrogen-bond acceptors (Lipinski definition) is 4. The maximum Gasteiger partial charge on any atom is 0.259 e. The highest BCUT2D eigenvalue weighted by Gasteiger charge is 2.59. The molecular formula is C18H17Cl2N3O4S. The van der Waals surface area contributed by atoms with Crippen LogP contribution in [0.1, 0.15) is 19.4 Å². The van der Waals surface area contributed by atoms with E-state index in [-0.39, 0.29) is 10.8 Å². The number of hydrazine groups is 1. The van der Waals surface area contributed by atoms with Crippen LogP contribution in [-0.2, 0) is 25.2 Å². The molecule has 0 bridgehead atoms. The normalized spacial score (nSPS) is 21.9. The molecule has 7 nitrogen and oxygen atoms in total. The number of β-lactam (4-membered cyclic amide) rings is 1. The predicted molar refractivity (Wildman–Crippen MR) is 106 cm³/mol. The van der Waals surface area contributed by atoms with Crippen molar-refractivity contribution < 1.29 is 18.0 Å². The van der Waals surface area contributed by atoms with Gasteiger partial charge in [0, 0.05) is 17.6 Å². The highest BCUT2D eigenvalue weighted by atomic mass is 35.5. The molecule has 1 fully saturated rings. The second-order valence-corrected chi connectivity index (χ2v) is 9.02. The minimum absolute atomic E-state index is 0.0640. The zero-order chi connectivity index (χ0) is 20.7. The lowest BCUT2D eigenvalue weighted by Gasteiger charge is -2.52. The van der Waals surface area contributed by atoms with Crippen molar-refractivity contribution in [3.63, 3.8) is 0 Å². The molecule has 1 saturated heterocycles. The molecule has 148 valence electrons. The first-order valence-corrected chi connectivity index (χ1v) is 10.5. The first kappa shape index (κ1) is 20.6. The molecule has 1 aliphatic heterocycles. The molecule has 10 heteroatoms. The molecule has 0 spiro atoms. The van der Waals surface area contributed by atoms with E-state index in [0.717, 1.165) is 5.01 Å². The van der Waals surface area contributed by atoms with Crippen LogP contribution in [0, 0.1) is 0 Å². The average molecular weight is 442 g/mol. The minimum Gasteiger partial charge on any atom is -0.326 e. The van der Waals surface area contributed by atoms with E-state index in [1.165, 1.54) is 31.2 Å². The molecule has 2 atom stereocenters. The molecule has 0 saturated carbocycles. The summed E-state index contributed by atoms with van der Waals surface area (Å²) in [5, 5.41) is 3.13. The van der Waals surface area contributed by atoms with Gasteiger partial charge in [-0.1, -0.05) is 23.7 Å². The lowest BCUT2D eigenvalue weighted by Crippen LogP contribution is -2.73. The van der Waals surface area contributed by atoms with Gasteiger partial charge < -0.3 is 5.32 Å². The van der Waals surface area contributed by atoms with Crippen LogP contribution in [0.3, 0.4) is 0 Å². The maximum absolute atomic E-state index is 12.7. The molecule has 2 N–H and O–H groups in total. The molecule has 1 aliphatic rings. The van der Waals surface area contributed by atoms with Gasteiger partial charge in [-0.25, -0.2) is 8.42 Å². The van der Waals surface area contributed by atoms with E-state index in [9.17, 15) is 18.0 Å². The van der Waals surface area contributed by atoms with Crippen molar-refractivity contribution in [3.05, 3.63) is 59.1 Å². The molecule has 1 heterocycles. The van der Waals surface area contributed by atoms with Crippen molar-refractivity contribution in [2.45, 2.75) is 29.7 Å². The van der Waals surface area contributed by atoms with Gasteiger partial charge in [-0.3, -0.25) is 14.6 Å². The summed E-state index contributed by atoms with van der Waals surface area (Å²) in [5.41, 5.74) is 0.0189. The number of anilines is 1. The van der Waals surface area contributed by atoms with Crippen LogP contribution in [0.15, 0.2) is 53.4 Å². The van der Waals surface area contributed by atoms with Crippen LogP contribution >= 0.6 is 23.2 Å². The third-order valence-corrected chi connectivity index (χ3v) is 6.70. The summed E-state index contributed by atoms with van der Waals surface area (Å²) in [4.78, 5) is 25.6. The van der Waals surface area contributed by atoms with Crippen molar-refractivity contribution in [1.82, 2.24) is 9.84 Å². The number of carbonyl (C=O) groups is 2. The molecular weight excluding hydrogens is 425 g/mol. The molecule has 0 radical (unpaired) electrons. The van der Waals surface area contributed by atoms with Gasteiger partial charge in [0.1, 0.15) is 10.9 Å². The largest absolute Gasteiger partial charge is 0.326 e. The van der Waals surface area contributed by atoms with E-state index < -0.39 is 26.8 Å². The monoisotopic (exact) mass is 441 g/mol. The molecule has 2 aromatic rings. The first-order valence-electron chi connectivity index (χ1n) is 8.20. The van der Waals surface area contributed by atoms with Crippen molar-refractivity contribution in [2.24, 2.45) is 0 Å². The van der Waals surface area contributed by atoms with Crippen LogP contribution in [0.25, 0.3) is 0 Å². The van der Waals surface area contributed by atoms with Gasteiger partial charge in [0.05, 0.1) is 4.90 Å². The Bertz CT molecular complexity index is 1030. The van der Waals surface area contributed by atoms with Crippen molar-refractivity contribution >= 4 is 50.7 Å². The summed E-state index contributed by atoms with van der Waals surface area (Å²) >= 11 is 12.1. The Hall–Kier alpha value is -2.13. The molecule has 2 aromatic carbocycles. The standard InChI is InChI=1S/C18H17Cl2N3O4S/c1-11(24)21-14-7-9-15(10-8-14)28(26,27)22-23-17(25)16(20)18(23,2)12-3-5-13(19)6-4-12/h3-10,16,22H,1-2H3,(H,21,24). The summed E-state index contributed by atoms with van der Waals surface area (Å²) in [6, 6.07) is 12.2. The van der Waals surface area contributed by atoms with Crippen molar-refractivity contribution in [2.75, 3.05) is 5.32 Å². The second kappa shape index (κ2) is 7.36. The molecule has 2 unspecified atom stereocenters. The van der Waals surface area contributed by atoms with E-state index in [1.807, 2.05) is 0 Å². The van der Waals surface area contributed by atoms with Crippen molar-refractivity contribution in [1.29, 1.82) is 0 Å². The smallest absolute Gasteiger partial charge is 0.259 e. The quantitative estimate of drug-likeness (QED) is 0.550.